The Balaban J connectivity index is 2.39. The van der Waals surface area contributed by atoms with Crippen molar-refractivity contribution in [3.8, 4) is 10.6 Å². The van der Waals surface area contributed by atoms with Crippen LogP contribution in [0.2, 0.25) is 0 Å². The third-order valence-corrected chi connectivity index (χ3v) is 3.83. The first kappa shape index (κ1) is 11.6. The molecule has 2 N–H and O–H groups in total. The zero-order valence-corrected chi connectivity index (χ0v) is 10.7. The molecule has 0 saturated heterocycles. The van der Waals surface area contributed by atoms with Gasteiger partial charge in [0, 0.05) is 12.0 Å². The molecule has 3 nitrogen and oxygen atoms in total. The molecule has 1 aromatic carbocycles. The Morgan fingerprint density at radius 3 is 2.94 bits per heavy atom. The second kappa shape index (κ2) is 4.99. The molecule has 0 aliphatic carbocycles. The molecule has 2 aromatic rings. The predicted molar refractivity (Wildman–Crippen MR) is 65.8 cm³/mol. The Labute approximate surface area is 105 Å². The van der Waals surface area contributed by atoms with Crippen molar-refractivity contribution < 1.29 is 4.39 Å². The average molecular weight is 302 g/mol. The minimum absolute atomic E-state index is 0.298. The molecule has 0 bridgehead atoms. The highest BCUT2D eigenvalue weighted by Gasteiger charge is 2.11. The highest BCUT2D eigenvalue weighted by Crippen LogP contribution is 2.32. The van der Waals surface area contributed by atoms with Crippen LogP contribution >= 0.6 is 27.3 Å². The van der Waals surface area contributed by atoms with Crippen LogP contribution in [0.15, 0.2) is 22.7 Å². The van der Waals surface area contributed by atoms with Crippen LogP contribution in [0.25, 0.3) is 10.6 Å². The van der Waals surface area contributed by atoms with E-state index in [2.05, 4.69) is 26.1 Å². The van der Waals surface area contributed by atoms with Crippen molar-refractivity contribution in [2.45, 2.75) is 6.42 Å². The lowest BCUT2D eigenvalue weighted by molar-refractivity contribution is 0.621. The minimum atomic E-state index is -0.298. The Kier molecular flexibility index (Phi) is 3.63. The largest absolute Gasteiger partial charge is 0.330 e. The zero-order chi connectivity index (χ0) is 11.5. The van der Waals surface area contributed by atoms with Gasteiger partial charge < -0.3 is 5.73 Å². The highest BCUT2D eigenvalue weighted by molar-refractivity contribution is 9.10. The van der Waals surface area contributed by atoms with E-state index in [0.29, 0.717) is 22.4 Å². The van der Waals surface area contributed by atoms with Crippen LogP contribution in [-0.4, -0.2) is 16.7 Å². The SMILES string of the molecule is NCCc1nnc(-c2cccc(F)c2Br)s1. The van der Waals surface area contributed by atoms with Crippen LogP contribution in [0.1, 0.15) is 5.01 Å². The molecule has 16 heavy (non-hydrogen) atoms. The molecule has 84 valence electrons. The molecular weight excluding hydrogens is 293 g/mol. The molecule has 0 spiro atoms. The molecule has 0 aliphatic heterocycles. The summed E-state index contributed by atoms with van der Waals surface area (Å²) in [4.78, 5) is 0. The third-order valence-electron chi connectivity index (χ3n) is 2.01. The maximum atomic E-state index is 13.3. The molecule has 0 saturated carbocycles. The summed E-state index contributed by atoms with van der Waals surface area (Å²) in [7, 11) is 0. The molecule has 1 aromatic heterocycles. The summed E-state index contributed by atoms with van der Waals surface area (Å²) in [6, 6.07) is 4.86. The molecular formula is C10H9BrFN3S. The lowest BCUT2D eigenvalue weighted by atomic mass is 10.2. The van der Waals surface area contributed by atoms with Gasteiger partial charge in [-0.05, 0) is 28.5 Å². The van der Waals surface area contributed by atoms with E-state index in [0.717, 1.165) is 10.6 Å². The monoisotopic (exact) mass is 301 g/mol. The summed E-state index contributed by atoms with van der Waals surface area (Å²) in [5, 5.41) is 9.59. The fraction of sp³-hybridized carbons (Fsp3) is 0.200. The van der Waals surface area contributed by atoms with Crippen LogP contribution in [0, 0.1) is 5.82 Å². The van der Waals surface area contributed by atoms with Crippen molar-refractivity contribution in [2.75, 3.05) is 6.54 Å². The van der Waals surface area contributed by atoms with Gasteiger partial charge in [-0.2, -0.15) is 0 Å². The summed E-state index contributed by atoms with van der Waals surface area (Å²) in [5.41, 5.74) is 6.16. The summed E-state index contributed by atoms with van der Waals surface area (Å²) < 4.78 is 13.7. The molecule has 0 amide bonds. The maximum Gasteiger partial charge on any atom is 0.149 e. The Morgan fingerprint density at radius 1 is 1.38 bits per heavy atom. The Morgan fingerprint density at radius 2 is 2.19 bits per heavy atom. The number of rotatable bonds is 3. The fourth-order valence-electron chi connectivity index (χ4n) is 1.26. The van der Waals surface area contributed by atoms with Crippen molar-refractivity contribution in [3.05, 3.63) is 33.5 Å². The van der Waals surface area contributed by atoms with Gasteiger partial charge in [0.05, 0.1) is 4.47 Å². The molecule has 0 radical (unpaired) electrons. The maximum absolute atomic E-state index is 13.3. The van der Waals surface area contributed by atoms with Crippen molar-refractivity contribution in [1.82, 2.24) is 10.2 Å². The van der Waals surface area contributed by atoms with Gasteiger partial charge in [0.2, 0.25) is 0 Å². The van der Waals surface area contributed by atoms with Crippen LogP contribution < -0.4 is 5.73 Å². The van der Waals surface area contributed by atoms with Crippen LogP contribution in [0.4, 0.5) is 4.39 Å². The first-order valence-corrected chi connectivity index (χ1v) is 6.30. The molecule has 1 heterocycles. The van der Waals surface area contributed by atoms with E-state index in [1.54, 1.807) is 12.1 Å². The Bertz CT molecular complexity index is 501. The number of nitrogens with zero attached hydrogens (tertiary/aromatic N) is 2. The minimum Gasteiger partial charge on any atom is -0.330 e. The quantitative estimate of drug-likeness (QED) is 0.948. The number of halogens is 2. The van der Waals surface area contributed by atoms with Crippen molar-refractivity contribution in [2.24, 2.45) is 5.73 Å². The lowest BCUT2D eigenvalue weighted by Crippen LogP contribution is -2.01. The number of nitrogens with two attached hydrogens (primary N) is 1. The van der Waals surface area contributed by atoms with Gasteiger partial charge in [-0.25, -0.2) is 4.39 Å². The van der Waals surface area contributed by atoms with Gasteiger partial charge in [-0.15, -0.1) is 10.2 Å². The van der Waals surface area contributed by atoms with E-state index in [9.17, 15) is 4.39 Å². The zero-order valence-electron chi connectivity index (χ0n) is 8.28. The van der Waals surface area contributed by atoms with E-state index in [1.165, 1.54) is 17.4 Å². The van der Waals surface area contributed by atoms with Crippen molar-refractivity contribution in [1.29, 1.82) is 0 Å². The van der Waals surface area contributed by atoms with E-state index in [4.69, 9.17) is 5.73 Å². The predicted octanol–water partition coefficient (Wildman–Crippen LogP) is 2.61. The second-order valence-corrected chi connectivity index (χ2v) is 5.00. The Hall–Kier alpha value is -0.850. The molecule has 0 atom stereocenters. The topological polar surface area (TPSA) is 51.8 Å². The number of aromatic nitrogens is 2. The third kappa shape index (κ3) is 2.28. The van der Waals surface area contributed by atoms with Gasteiger partial charge in [0.1, 0.15) is 15.8 Å². The van der Waals surface area contributed by atoms with Gasteiger partial charge in [0.25, 0.3) is 0 Å². The van der Waals surface area contributed by atoms with Gasteiger partial charge in [0.15, 0.2) is 0 Å². The van der Waals surface area contributed by atoms with Gasteiger partial charge >= 0.3 is 0 Å². The summed E-state index contributed by atoms with van der Waals surface area (Å²) >= 11 is 4.64. The normalized spacial score (nSPS) is 10.7. The smallest absolute Gasteiger partial charge is 0.149 e. The van der Waals surface area contributed by atoms with Crippen molar-refractivity contribution in [3.63, 3.8) is 0 Å². The van der Waals surface area contributed by atoms with Crippen LogP contribution in [0.5, 0.6) is 0 Å². The lowest BCUT2D eigenvalue weighted by Gasteiger charge is -1.99. The van der Waals surface area contributed by atoms with E-state index in [-0.39, 0.29) is 5.82 Å². The summed E-state index contributed by atoms with van der Waals surface area (Å²) in [6.45, 7) is 0.541. The van der Waals surface area contributed by atoms with E-state index < -0.39 is 0 Å². The number of hydrogen-bond donors (Lipinski definition) is 1. The summed E-state index contributed by atoms with van der Waals surface area (Å²) in [5.74, 6) is -0.298. The van der Waals surface area contributed by atoms with E-state index >= 15 is 0 Å². The van der Waals surface area contributed by atoms with Gasteiger partial charge in [-0.1, -0.05) is 23.5 Å². The molecule has 2 rings (SSSR count). The molecule has 6 heteroatoms. The molecule has 0 aliphatic rings. The fourth-order valence-corrected chi connectivity index (χ4v) is 2.73. The molecule has 0 fully saturated rings. The molecule has 0 unspecified atom stereocenters. The van der Waals surface area contributed by atoms with Gasteiger partial charge in [-0.3, -0.25) is 0 Å². The first-order chi connectivity index (χ1) is 7.72. The van der Waals surface area contributed by atoms with Crippen molar-refractivity contribution >= 4 is 27.3 Å². The van der Waals surface area contributed by atoms with E-state index in [1.807, 2.05) is 0 Å². The van der Waals surface area contributed by atoms with Crippen LogP contribution in [0.3, 0.4) is 0 Å². The number of benzene rings is 1. The van der Waals surface area contributed by atoms with Crippen LogP contribution in [-0.2, 0) is 6.42 Å². The first-order valence-electron chi connectivity index (χ1n) is 4.69. The summed E-state index contributed by atoms with van der Waals surface area (Å²) in [6.07, 6.45) is 0.699. The highest BCUT2D eigenvalue weighted by atomic mass is 79.9. The standard InChI is InChI=1S/C10H9BrFN3S/c11-9-6(2-1-3-7(9)12)10-15-14-8(16-10)4-5-13/h1-3H,4-5,13H2. The average Bonchev–Trinajstić information content (AvgIpc) is 2.71. The number of hydrogen-bond acceptors (Lipinski definition) is 4. The second-order valence-electron chi connectivity index (χ2n) is 3.14.